The molecule has 1 rings (SSSR count). The molecule has 0 aromatic heterocycles. The molecule has 0 spiro atoms. The fraction of sp³-hybridized carbons (Fsp3) is 1.00. The van der Waals surface area contributed by atoms with Gasteiger partial charge in [-0.2, -0.15) is 0 Å². The van der Waals surface area contributed by atoms with E-state index >= 15 is 0 Å². The fourth-order valence-electron chi connectivity index (χ4n) is 2.78. The highest BCUT2D eigenvalue weighted by Crippen LogP contribution is 2.43. The molecule has 1 heteroatoms. The third-order valence-electron chi connectivity index (χ3n) is 3.74. The van der Waals surface area contributed by atoms with Crippen LogP contribution in [0.1, 0.15) is 59.3 Å². The van der Waals surface area contributed by atoms with Crippen LogP contribution in [0.5, 0.6) is 0 Å². The predicted octanol–water partition coefficient (Wildman–Crippen LogP) is 3.36. The molecule has 0 aromatic rings. The van der Waals surface area contributed by atoms with Gasteiger partial charge in [0.15, 0.2) is 0 Å². The van der Waals surface area contributed by atoms with E-state index in [2.05, 4.69) is 20.8 Å². The summed E-state index contributed by atoms with van der Waals surface area (Å²) in [7, 11) is 0. The molecule has 78 valence electrons. The summed E-state index contributed by atoms with van der Waals surface area (Å²) in [5.41, 5.74) is 0.231. The van der Waals surface area contributed by atoms with Gasteiger partial charge in [-0.1, -0.05) is 40.0 Å². The molecule has 0 heterocycles. The lowest BCUT2D eigenvalue weighted by molar-refractivity contribution is -0.00267. The molecular weight excluding hydrogens is 160 g/mol. The highest BCUT2D eigenvalue weighted by atomic mass is 16.3. The van der Waals surface area contributed by atoms with Crippen LogP contribution >= 0.6 is 0 Å². The number of aliphatic hydroxyl groups excluding tert-OH is 1. The summed E-state index contributed by atoms with van der Waals surface area (Å²) in [6, 6.07) is 0. The summed E-state index contributed by atoms with van der Waals surface area (Å²) in [6.45, 7) is 6.65. The first kappa shape index (κ1) is 11.0. The van der Waals surface area contributed by atoms with Crippen LogP contribution in [-0.4, -0.2) is 11.2 Å². The van der Waals surface area contributed by atoms with Gasteiger partial charge in [-0.15, -0.1) is 0 Å². The lowest BCUT2D eigenvalue weighted by Crippen LogP contribution is -2.34. The Kier molecular flexibility index (Phi) is 3.78. The van der Waals surface area contributed by atoms with Gasteiger partial charge in [-0.25, -0.2) is 0 Å². The normalized spacial score (nSPS) is 25.8. The molecule has 0 aromatic carbocycles. The number of hydrogen-bond acceptors (Lipinski definition) is 1. The van der Waals surface area contributed by atoms with Crippen LogP contribution in [0.15, 0.2) is 0 Å². The minimum Gasteiger partial charge on any atom is -0.392 e. The van der Waals surface area contributed by atoms with Crippen LogP contribution in [0.4, 0.5) is 0 Å². The van der Waals surface area contributed by atoms with Crippen molar-refractivity contribution in [2.24, 2.45) is 11.3 Å². The van der Waals surface area contributed by atoms with E-state index in [1.807, 2.05) is 0 Å². The van der Waals surface area contributed by atoms with Crippen molar-refractivity contribution in [3.63, 3.8) is 0 Å². The third kappa shape index (κ3) is 2.46. The lowest BCUT2D eigenvalue weighted by Gasteiger charge is -2.34. The van der Waals surface area contributed by atoms with Crippen molar-refractivity contribution in [1.82, 2.24) is 0 Å². The molecule has 0 saturated heterocycles. The molecule has 1 saturated carbocycles. The first-order valence-corrected chi connectivity index (χ1v) is 5.78. The van der Waals surface area contributed by atoms with E-state index in [1.165, 1.54) is 32.1 Å². The van der Waals surface area contributed by atoms with Crippen LogP contribution in [0.25, 0.3) is 0 Å². The second-order valence-electron chi connectivity index (χ2n) is 5.07. The van der Waals surface area contributed by atoms with E-state index in [1.54, 1.807) is 0 Å². The average molecular weight is 184 g/mol. The quantitative estimate of drug-likeness (QED) is 0.710. The van der Waals surface area contributed by atoms with Crippen LogP contribution < -0.4 is 0 Å². The minimum absolute atomic E-state index is 0.0741. The lowest BCUT2D eigenvalue weighted by atomic mass is 9.76. The predicted molar refractivity (Wildman–Crippen MR) is 56.7 cm³/mol. The second-order valence-corrected chi connectivity index (χ2v) is 5.07. The first-order valence-electron chi connectivity index (χ1n) is 5.78. The Morgan fingerprint density at radius 1 is 1.31 bits per heavy atom. The maximum atomic E-state index is 10.2. The topological polar surface area (TPSA) is 20.2 Å². The molecule has 13 heavy (non-hydrogen) atoms. The smallest absolute Gasteiger partial charge is 0.0619 e. The molecule has 0 aliphatic heterocycles. The Morgan fingerprint density at radius 3 is 2.31 bits per heavy atom. The van der Waals surface area contributed by atoms with Crippen LogP contribution in [-0.2, 0) is 0 Å². The van der Waals surface area contributed by atoms with Gasteiger partial charge in [-0.3, -0.25) is 0 Å². The van der Waals surface area contributed by atoms with Crippen molar-refractivity contribution in [2.45, 2.75) is 65.4 Å². The zero-order valence-corrected chi connectivity index (χ0v) is 9.34. The van der Waals surface area contributed by atoms with Gasteiger partial charge in [0.2, 0.25) is 0 Å². The van der Waals surface area contributed by atoms with Crippen LogP contribution in [0, 0.1) is 11.3 Å². The molecule has 2 unspecified atom stereocenters. The van der Waals surface area contributed by atoms with Crippen molar-refractivity contribution in [3.05, 3.63) is 0 Å². The Bertz CT molecular complexity index is 147. The van der Waals surface area contributed by atoms with Crippen LogP contribution in [0.2, 0.25) is 0 Å². The zero-order chi connectivity index (χ0) is 9.90. The largest absolute Gasteiger partial charge is 0.392 e. The van der Waals surface area contributed by atoms with Gasteiger partial charge in [0.05, 0.1) is 6.10 Å². The Balaban J connectivity index is 2.49. The van der Waals surface area contributed by atoms with Gasteiger partial charge in [0.1, 0.15) is 0 Å². The molecule has 1 N–H and O–H groups in total. The summed E-state index contributed by atoms with van der Waals surface area (Å²) in [5, 5.41) is 10.2. The van der Waals surface area contributed by atoms with Gasteiger partial charge in [0.25, 0.3) is 0 Å². The highest BCUT2D eigenvalue weighted by molar-refractivity contribution is 4.89. The van der Waals surface area contributed by atoms with E-state index < -0.39 is 0 Å². The summed E-state index contributed by atoms with van der Waals surface area (Å²) in [4.78, 5) is 0. The Labute approximate surface area is 82.5 Å². The minimum atomic E-state index is -0.0741. The molecule has 2 atom stereocenters. The zero-order valence-electron chi connectivity index (χ0n) is 9.34. The highest BCUT2D eigenvalue weighted by Gasteiger charge is 2.38. The number of hydrogen-bond donors (Lipinski definition) is 1. The number of rotatable bonds is 4. The monoisotopic (exact) mass is 184 g/mol. The van der Waals surface area contributed by atoms with Gasteiger partial charge < -0.3 is 5.11 Å². The van der Waals surface area contributed by atoms with Crippen molar-refractivity contribution < 1.29 is 5.11 Å². The van der Waals surface area contributed by atoms with E-state index in [4.69, 9.17) is 0 Å². The SMILES string of the molecule is CCCC(C)C(O)C1(C)CCCC1. The molecule has 0 radical (unpaired) electrons. The van der Waals surface area contributed by atoms with E-state index in [0.29, 0.717) is 5.92 Å². The summed E-state index contributed by atoms with van der Waals surface area (Å²) in [5.74, 6) is 0.480. The van der Waals surface area contributed by atoms with Gasteiger partial charge in [-0.05, 0) is 30.6 Å². The molecule has 0 bridgehead atoms. The van der Waals surface area contributed by atoms with Crippen molar-refractivity contribution in [2.75, 3.05) is 0 Å². The van der Waals surface area contributed by atoms with Crippen molar-refractivity contribution >= 4 is 0 Å². The third-order valence-corrected chi connectivity index (χ3v) is 3.74. The molecular formula is C12H24O. The van der Waals surface area contributed by atoms with E-state index in [-0.39, 0.29) is 11.5 Å². The standard InChI is InChI=1S/C12H24O/c1-4-7-10(2)11(13)12(3)8-5-6-9-12/h10-11,13H,4-9H2,1-3H3. The molecule has 1 nitrogen and oxygen atoms in total. The summed E-state index contributed by atoms with van der Waals surface area (Å²) < 4.78 is 0. The van der Waals surface area contributed by atoms with E-state index in [9.17, 15) is 5.11 Å². The van der Waals surface area contributed by atoms with Crippen LogP contribution in [0.3, 0.4) is 0 Å². The fourth-order valence-corrected chi connectivity index (χ4v) is 2.78. The Hall–Kier alpha value is -0.0400. The first-order chi connectivity index (χ1) is 6.10. The van der Waals surface area contributed by atoms with E-state index in [0.717, 1.165) is 6.42 Å². The molecule has 0 amide bonds. The van der Waals surface area contributed by atoms with Gasteiger partial charge >= 0.3 is 0 Å². The van der Waals surface area contributed by atoms with Gasteiger partial charge in [0, 0.05) is 0 Å². The number of aliphatic hydroxyl groups is 1. The summed E-state index contributed by atoms with van der Waals surface area (Å²) >= 11 is 0. The average Bonchev–Trinajstić information content (AvgIpc) is 2.52. The maximum absolute atomic E-state index is 10.2. The second kappa shape index (κ2) is 4.45. The maximum Gasteiger partial charge on any atom is 0.0619 e. The summed E-state index contributed by atoms with van der Waals surface area (Å²) in [6.07, 6.45) is 7.35. The van der Waals surface area contributed by atoms with Crippen molar-refractivity contribution in [3.8, 4) is 0 Å². The molecule has 1 aliphatic rings. The molecule has 1 fully saturated rings. The molecule has 1 aliphatic carbocycles. The Morgan fingerprint density at radius 2 is 1.85 bits per heavy atom. The van der Waals surface area contributed by atoms with Crippen molar-refractivity contribution in [1.29, 1.82) is 0 Å².